The largest absolute Gasteiger partial charge is 0.338 e. The molecule has 2 saturated heterocycles. The summed E-state index contributed by atoms with van der Waals surface area (Å²) in [6, 6.07) is 1.38. The van der Waals surface area contributed by atoms with Gasteiger partial charge in [-0.05, 0) is 31.6 Å². The van der Waals surface area contributed by atoms with Crippen LogP contribution in [0.3, 0.4) is 0 Å². The summed E-state index contributed by atoms with van der Waals surface area (Å²) in [6.07, 6.45) is 10.2. The van der Waals surface area contributed by atoms with E-state index >= 15 is 0 Å². The van der Waals surface area contributed by atoms with E-state index in [0.717, 1.165) is 18.9 Å². The van der Waals surface area contributed by atoms with E-state index in [0.29, 0.717) is 12.1 Å². The average Bonchev–Trinajstić information content (AvgIpc) is 3.20. The molecule has 2 atom stereocenters. The Bertz CT molecular complexity index is 475. The predicted molar refractivity (Wildman–Crippen MR) is 81.2 cm³/mol. The number of hydrogen-bond acceptors (Lipinski definition) is 3. The first kappa shape index (κ1) is 12.7. The lowest BCUT2D eigenvalue weighted by Gasteiger charge is -2.27. The van der Waals surface area contributed by atoms with Gasteiger partial charge in [0.05, 0.1) is 5.69 Å². The average molecular weight is 274 g/mol. The number of aryl methyl sites for hydroxylation is 1. The molecular formula is C16H26N4. The van der Waals surface area contributed by atoms with Crippen molar-refractivity contribution >= 4 is 5.95 Å². The number of nitrogens with one attached hydrogen (secondary N) is 1. The van der Waals surface area contributed by atoms with Gasteiger partial charge in [-0.1, -0.05) is 19.8 Å². The summed E-state index contributed by atoms with van der Waals surface area (Å²) in [7, 11) is 0. The molecule has 1 aromatic rings. The number of hydrogen-bond donors (Lipinski definition) is 1. The second-order valence-corrected chi connectivity index (χ2v) is 6.70. The third-order valence-corrected chi connectivity index (χ3v) is 5.55. The number of anilines is 1. The number of imidazole rings is 1. The summed E-state index contributed by atoms with van der Waals surface area (Å²) in [5, 5.41) is 3.56. The smallest absolute Gasteiger partial charge is 0.206 e. The lowest BCUT2D eigenvalue weighted by Crippen LogP contribution is -2.36. The van der Waals surface area contributed by atoms with Crippen molar-refractivity contribution in [2.24, 2.45) is 5.92 Å². The van der Waals surface area contributed by atoms with E-state index in [-0.39, 0.29) is 0 Å². The van der Waals surface area contributed by atoms with Crippen molar-refractivity contribution in [1.82, 2.24) is 14.9 Å². The molecule has 1 aliphatic carbocycles. The van der Waals surface area contributed by atoms with Gasteiger partial charge < -0.3 is 14.8 Å². The van der Waals surface area contributed by atoms with Gasteiger partial charge in [-0.25, -0.2) is 4.98 Å². The highest BCUT2D eigenvalue weighted by Gasteiger charge is 2.40. The molecule has 110 valence electrons. The minimum Gasteiger partial charge on any atom is -0.338 e. The molecule has 3 aliphatic rings. The van der Waals surface area contributed by atoms with Gasteiger partial charge >= 0.3 is 0 Å². The Morgan fingerprint density at radius 2 is 2.10 bits per heavy atom. The van der Waals surface area contributed by atoms with E-state index in [2.05, 4.69) is 27.9 Å². The summed E-state index contributed by atoms with van der Waals surface area (Å²) in [6.45, 7) is 5.76. The van der Waals surface area contributed by atoms with Crippen molar-refractivity contribution < 1.29 is 0 Å². The van der Waals surface area contributed by atoms with E-state index in [1.165, 1.54) is 56.8 Å². The maximum Gasteiger partial charge on any atom is 0.206 e. The van der Waals surface area contributed by atoms with Gasteiger partial charge in [0, 0.05) is 37.9 Å². The number of nitrogens with zero attached hydrogens (tertiary/aromatic N) is 3. The van der Waals surface area contributed by atoms with Gasteiger partial charge in [-0.3, -0.25) is 0 Å². The molecule has 4 rings (SSSR count). The monoisotopic (exact) mass is 274 g/mol. The Hall–Kier alpha value is -1.03. The van der Waals surface area contributed by atoms with E-state index in [1.807, 2.05) is 0 Å². The molecule has 4 nitrogen and oxygen atoms in total. The molecule has 1 aromatic heterocycles. The molecule has 0 amide bonds. The van der Waals surface area contributed by atoms with Gasteiger partial charge in [-0.15, -0.1) is 0 Å². The van der Waals surface area contributed by atoms with Gasteiger partial charge in [0.15, 0.2) is 0 Å². The molecule has 3 heterocycles. The molecule has 0 spiro atoms. The van der Waals surface area contributed by atoms with E-state index < -0.39 is 0 Å². The zero-order valence-electron chi connectivity index (χ0n) is 12.5. The molecule has 3 fully saturated rings. The molecule has 4 heteroatoms. The van der Waals surface area contributed by atoms with Crippen LogP contribution < -0.4 is 10.2 Å². The van der Waals surface area contributed by atoms with Crippen LogP contribution >= 0.6 is 0 Å². The highest BCUT2D eigenvalue weighted by Crippen LogP contribution is 2.37. The third-order valence-electron chi connectivity index (χ3n) is 5.55. The Kier molecular flexibility index (Phi) is 3.21. The first-order valence-corrected chi connectivity index (χ1v) is 8.42. The fourth-order valence-corrected chi connectivity index (χ4v) is 4.36. The van der Waals surface area contributed by atoms with Gasteiger partial charge in [0.2, 0.25) is 5.95 Å². The van der Waals surface area contributed by atoms with Crippen LogP contribution in [0.5, 0.6) is 0 Å². The maximum atomic E-state index is 4.98. The number of fused-ring (bicyclic) bond motifs is 1. The van der Waals surface area contributed by atoms with E-state index in [9.17, 15) is 0 Å². The number of aromatic nitrogens is 2. The topological polar surface area (TPSA) is 33.1 Å². The Labute approximate surface area is 121 Å². The molecular weight excluding hydrogens is 248 g/mol. The first-order valence-electron chi connectivity index (χ1n) is 8.42. The van der Waals surface area contributed by atoms with Crippen molar-refractivity contribution in [2.75, 3.05) is 24.5 Å². The molecule has 0 radical (unpaired) electrons. The van der Waals surface area contributed by atoms with Crippen molar-refractivity contribution in [3.63, 3.8) is 0 Å². The van der Waals surface area contributed by atoms with Gasteiger partial charge in [-0.2, -0.15) is 0 Å². The second kappa shape index (κ2) is 5.06. The zero-order valence-corrected chi connectivity index (χ0v) is 12.5. The van der Waals surface area contributed by atoms with E-state index in [4.69, 9.17) is 4.98 Å². The van der Waals surface area contributed by atoms with Crippen molar-refractivity contribution in [3.05, 3.63) is 11.9 Å². The molecule has 0 aromatic carbocycles. The molecule has 1 saturated carbocycles. The molecule has 0 bridgehead atoms. The first-order chi connectivity index (χ1) is 9.86. The highest BCUT2D eigenvalue weighted by molar-refractivity contribution is 5.39. The van der Waals surface area contributed by atoms with E-state index in [1.54, 1.807) is 0 Å². The van der Waals surface area contributed by atoms with Crippen LogP contribution in [-0.2, 0) is 6.42 Å². The normalized spacial score (nSPS) is 30.4. The van der Waals surface area contributed by atoms with Crippen LogP contribution in [0.15, 0.2) is 6.20 Å². The summed E-state index contributed by atoms with van der Waals surface area (Å²) in [5.74, 6) is 2.11. The summed E-state index contributed by atoms with van der Waals surface area (Å²) in [4.78, 5) is 7.58. The molecule has 20 heavy (non-hydrogen) atoms. The van der Waals surface area contributed by atoms with Gasteiger partial charge in [0.25, 0.3) is 0 Å². The number of rotatable bonds is 3. The van der Waals surface area contributed by atoms with Crippen LogP contribution in [0.4, 0.5) is 5.95 Å². The predicted octanol–water partition coefficient (Wildman–Crippen LogP) is 2.36. The minimum atomic E-state index is 0.683. The van der Waals surface area contributed by atoms with Crippen molar-refractivity contribution in [1.29, 1.82) is 0 Å². The lowest BCUT2D eigenvalue weighted by atomic mass is 10.1. The Balaban J connectivity index is 1.67. The van der Waals surface area contributed by atoms with Gasteiger partial charge in [0.1, 0.15) is 0 Å². The Morgan fingerprint density at radius 1 is 1.25 bits per heavy atom. The summed E-state index contributed by atoms with van der Waals surface area (Å²) in [5.41, 5.74) is 1.27. The van der Waals surface area contributed by atoms with Crippen molar-refractivity contribution in [2.45, 2.75) is 57.5 Å². The second-order valence-electron chi connectivity index (χ2n) is 6.70. The quantitative estimate of drug-likeness (QED) is 0.918. The fraction of sp³-hybridized carbons (Fsp3) is 0.812. The third kappa shape index (κ3) is 1.96. The van der Waals surface area contributed by atoms with Crippen LogP contribution in [0, 0.1) is 5.92 Å². The van der Waals surface area contributed by atoms with Crippen LogP contribution in [0.2, 0.25) is 0 Å². The van der Waals surface area contributed by atoms with Crippen LogP contribution in [-0.4, -0.2) is 35.2 Å². The molecule has 2 aliphatic heterocycles. The van der Waals surface area contributed by atoms with Crippen molar-refractivity contribution in [3.8, 4) is 0 Å². The standard InChI is InChI=1S/C16H26N4/c1-2-13-11-20(14-5-3-4-6-14)16(18-13)19-8-7-12-9-17-10-15(12)19/h11-12,14-15,17H,2-10H2,1H3/t12-,15+/m0/s1. The Morgan fingerprint density at radius 3 is 2.90 bits per heavy atom. The summed E-state index contributed by atoms with van der Waals surface area (Å²) >= 11 is 0. The zero-order chi connectivity index (χ0) is 13.5. The lowest BCUT2D eigenvalue weighted by molar-refractivity contribution is 0.505. The molecule has 0 unspecified atom stereocenters. The summed E-state index contributed by atoms with van der Waals surface area (Å²) < 4.78 is 2.52. The maximum absolute atomic E-state index is 4.98. The fourth-order valence-electron chi connectivity index (χ4n) is 4.36. The van der Waals surface area contributed by atoms with Crippen LogP contribution in [0.1, 0.15) is 50.8 Å². The van der Waals surface area contributed by atoms with Crippen LogP contribution in [0.25, 0.3) is 0 Å². The molecule has 1 N–H and O–H groups in total. The SMILES string of the molecule is CCc1cn(C2CCCC2)c(N2CC[C@H]3CNC[C@H]32)n1. The minimum absolute atomic E-state index is 0.683. The highest BCUT2D eigenvalue weighted by atomic mass is 15.4.